The third-order valence-electron chi connectivity index (χ3n) is 3.24. The van der Waals surface area contributed by atoms with Crippen molar-refractivity contribution < 1.29 is 4.42 Å². The van der Waals surface area contributed by atoms with Gasteiger partial charge in [0.2, 0.25) is 0 Å². The zero-order chi connectivity index (χ0) is 13.4. The van der Waals surface area contributed by atoms with Crippen LogP contribution < -0.4 is 5.32 Å². The van der Waals surface area contributed by atoms with Crippen molar-refractivity contribution in [1.29, 1.82) is 0 Å². The number of aryl methyl sites for hydroxylation is 1. The summed E-state index contributed by atoms with van der Waals surface area (Å²) in [6.45, 7) is 2.06. The average molecular weight is 292 g/mol. The summed E-state index contributed by atoms with van der Waals surface area (Å²) >= 11 is 7.86. The fourth-order valence-corrected chi connectivity index (χ4v) is 3.57. The zero-order valence-electron chi connectivity index (χ0n) is 10.7. The molecule has 3 rings (SSSR count). The molecule has 2 heterocycles. The number of halogens is 1. The minimum atomic E-state index is -0.000648. The number of hydrogen-bond acceptors (Lipinski definition) is 3. The molecule has 1 unspecified atom stereocenters. The molecule has 0 fully saturated rings. The van der Waals surface area contributed by atoms with E-state index in [4.69, 9.17) is 16.0 Å². The second-order valence-corrected chi connectivity index (χ2v) is 5.85. The molecule has 0 spiro atoms. The van der Waals surface area contributed by atoms with Crippen molar-refractivity contribution in [2.24, 2.45) is 0 Å². The van der Waals surface area contributed by atoms with E-state index < -0.39 is 0 Å². The number of hydrogen-bond donors (Lipinski definition) is 1. The van der Waals surface area contributed by atoms with Crippen molar-refractivity contribution in [1.82, 2.24) is 5.32 Å². The van der Waals surface area contributed by atoms with E-state index >= 15 is 0 Å². The van der Waals surface area contributed by atoms with Gasteiger partial charge < -0.3 is 9.73 Å². The van der Waals surface area contributed by atoms with E-state index in [1.54, 1.807) is 11.3 Å². The Balaban J connectivity index is 2.12. The van der Waals surface area contributed by atoms with Gasteiger partial charge in [-0.05, 0) is 37.0 Å². The van der Waals surface area contributed by atoms with Gasteiger partial charge in [-0.1, -0.05) is 29.8 Å². The largest absolute Gasteiger partial charge is 0.459 e. The van der Waals surface area contributed by atoms with E-state index in [0.29, 0.717) is 0 Å². The number of furan rings is 1. The number of nitrogens with one attached hydrogen (secondary N) is 1. The van der Waals surface area contributed by atoms with Crippen molar-refractivity contribution in [3.8, 4) is 0 Å². The Kier molecular flexibility index (Phi) is 3.35. The molecule has 2 nitrogen and oxygen atoms in total. The molecule has 0 saturated carbocycles. The standard InChI is InChI=1S/C15H14ClNOS/c1-9-4-3-5-10-8-12(18-14(9)10)13(17-2)15-11(16)6-7-19-15/h3-8,13,17H,1-2H3. The van der Waals surface area contributed by atoms with Gasteiger partial charge in [-0.25, -0.2) is 0 Å². The first kappa shape index (κ1) is 12.7. The van der Waals surface area contributed by atoms with Crippen LogP contribution in [0.2, 0.25) is 5.02 Å². The van der Waals surface area contributed by atoms with Gasteiger partial charge in [0.25, 0.3) is 0 Å². The molecule has 0 amide bonds. The maximum absolute atomic E-state index is 6.22. The summed E-state index contributed by atoms with van der Waals surface area (Å²) in [4.78, 5) is 1.08. The second kappa shape index (κ2) is 5.00. The number of rotatable bonds is 3. The van der Waals surface area contributed by atoms with Crippen LogP contribution in [0, 0.1) is 6.92 Å². The third kappa shape index (κ3) is 2.18. The lowest BCUT2D eigenvalue weighted by Gasteiger charge is -2.12. The molecule has 0 radical (unpaired) electrons. The van der Waals surface area contributed by atoms with Gasteiger partial charge in [-0.15, -0.1) is 11.3 Å². The molecule has 19 heavy (non-hydrogen) atoms. The maximum atomic E-state index is 6.22. The average Bonchev–Trinajstić information content (AvgIpc) is 2.99. The monoisotopic (exact) mass is 291 g/mol. The van der Waals surface area contributed by atoms with Gasteiger partial charge in [-0.3, -0.25) is 0 Å². The molecule has 0 aliphatic carbocycles. The molecular formula is C15H14ClNOS. The molecule has 0 aliphatic rings. The molecule has 1 N–H and O–H groups in total. The van der Waals surface area contributed by atoms with E-state index in [2.05, 4.69) is 30.4 Å². The Hall–Kier alpha value is -1.29. The summed E-state index contributed by atoms with van der Waals surface area (Å²) in [5, 5.41) is 7.18. The molecule has 1 aromatic carbocycles. The normalized spacial score (nSPS) is 13.0. The quantitative estimate of drug-likeness (QED) is 0.752. The smallest absolute Gasteiger partial charge is 0.137 e. The van der Waals surface area contributed by atoms with Crippen molar-refractivity contribution in [2.75, 3.05) is 7.05 Å². The Bertz CT molecular complexity index is 716. The summed E-state index contributed by atoms with van der Waals surface area (Å²) in [6.07, 6.45) is 0. The summed E-state index contributed by atoms with van der Waals surface area (Å²) in [7, 11) is 1.92. The Morgan fingerprint density at radius 2 is 2.16 bits per heavy atom. The van der Waals surface area contributed by atoms with Crippen LogP contribution in [0.5, 0.6) is 0 Å². The van der Waals surface area contributed by atoms with Crippen LogP contribution in [0.25, 0.3) is 11.0 Å². The molecular weight excluding hydrogens is 278 g/mol. The lowest BCUT2D eigenvalue weighted by atomic mass is 10.1. The van der Waals surface area contributed by atoms with Crippen LogP contribution in [-0.4, -0.2) is 7.05 Å². The first-order valence-electron chi connectivity index (χ1n) is 6.10. The molecule has 2 aromatic heterocycles. The van der Waals surface area contributed by atoms with E-state index in [1.165, 1.54) is 0 Å². The molecule has 0 aliphatic heterocycles. The fraction of sp³-hybridized carbons (Fsp3) is 0.200. The van der Waals surface area contributed by atoms with E-state index in [0.717, 1.165) is 32.2 Å². The first-order chi connectivity index (χ1) is 9.20. The van der Waals surface area contributed by atoms with Crippen LogP contribution in [0.1, 0.15) is 22.2 Å². The number of thiophene rings is 1. The van der Waals surface area contributed by atoms with Gasteiger partial charge in [-0.2, -0.15) is 0 Å². The van der Waals surface area contributed by atoms with Crippen molar-refractivity contribution >= 4 is 33.9 Å². The zero-order valence-corrected chi connectivity index (χ0v) is 12.3. The summed E-state index contributed by atoms with van der Waals surface area (Å²) in [5.74, 6) is 0.899. The van der Waals surface area contributed by atoms with Crippen molar-refractivity contribution in [2.45, 2.75) is 13.0 Å². The number of benzene rings is 1. The molecule has 0 bridgehead atoms. The lowest BCUT2D eigenvalue weighted by Crippen LogP contribution is -2.16. The van der Waals surface area contributed by atoms with Gasteiger partial charge >= 0.3 is 0 Å². The van der Waals surface area contributed by atoms with E-state index in [9.17, 15) is 0 Å². The van der Waals surface area contributed by atoms with Crippen LogP contribution in [0.4, 0.5) is 0 Å². The molecule has 4 heteroatoms. The fourth-order valence-electron chi connectivity index (χ4n) is 2.29. The summed E-state index contributed by atoms with van der Waals surface area (Å²) < 4.78 is 6.02. The summed E-state index contributed by atoms with van der Waals surface area (Å²) in [6, 6.07) is 10.2. The van der Waals surface area contributed by atoms with E-state index in [1.807, 2.05) is 24.6 Å². The topological polar surface area (TPSA) is 25.2 Å². The third-order valence-corrected chi connectivity index (χ3v) is 4.66. The Labute approximate surface area is 121 Å². The van der Waals surface area contributed by atoms with Crippen LogP contribution in [0.15, 0.2) is 40.1 Å². The highest BCUT2D eigenvalue weighted by Gasteiger charge is 2.20. The second-order valence-electron chi connectivity index (χ2n) is 4.50. The maximum Gasteiger partial charge on any atom is 0.137 e. The van der Waals surface area contributed by atoms with Gasteiger partial charge in [0.1, 0.15) is 17.4 Å². The predicted octanol–water partition coefficient (Wildman–Crippen LogP) is 4.76. The van der Waals surface area contributed by atoms with Crippen LogP contribution >= 0.6 is 22.9 Å². The van der Waals surface area contributed by atoms with Gasteiger partial charge in [0.05, 0.1) is 5.02 Å². The first-order valence-corrected chi connectivity index (χ1v) is 7.35. The minimum absolute atomic E-state index is 0.000648. The predicted molar refractivity (Wildman–Crippen MR) is 81.2 cm³/mol. The van der Waals surface area contributed by atoms with Crippen LogP contribution in [-0.2, 0) is 0 Å². The van der Waals surface area contributed by atoms with Crippen molar-refractivity contribution in [3.63, 3.8) is 0 Å². The molecule has 1 atom stereocenters. The van der Waals surface area contributed by atoms with Gasteiger partial charge in [0, 0.05) is 10.3 Å². The van der Waals surface area contributed by atoms with Crippen molar-refractivity contribution in [3.05, 3.63) is 56.9 Å². The van der Waals surface area contributed by atoms with Gasteiger partial charge in [0.15, 0.2) is 0 Å². The highest BCUT2D eigenvalue weighted by atomic mass is 35.5. The number of para-hydroxylation sites is 1. The Morgan fingerprint density at radius 3 is 2.79 bits per heavy atom. The Morgan fingerprint density at radius 1 is 1.32 bits per heavy atom. The molecule has 3 aromatic rings. The highest BCUT2D eigenvalue weighted by Crippen LogP contribution is 2.35. The minimum Gasteiger partial charge on any atom is -0.459 e. The lowest BCUT2D eigenvalue weighted by molar-refractivity contribution is 0.494. The SMILES string of the molecule is CNC(c1cc2cccc(C)c2o1)c1sccc1Cl. The number of fused-ring (bicyclic) bond motifs is 1. The van der Waals surface area contributed by atoms with Crippen LogP contribution in [0.3, 0.4) is 0 Å². The van der Waals surface area contributed by atoms with E-state index in [-0.39, 0.29) is 6.04 Å². The highest BCUT2D eigenvalue weighted by molar-refractivity contribution is 7.10. The molecule has 98 valence electrons. The summed E-state index contributed by atoms with van der Waals surface area (Å²) in [5.41, 5.74) is 2.10. The molecule has 0 saturated heterocycles.